The van der Waals surface area contributed by atoms with Crippen molar-refractivity contribution >= 4 is 40.6 Å². The minimum Gasteiger partial charge on any atom is -0.467 e. The van der Waals surface area contributed by atoms with Crippen LogP contribution in [0.5, 0.6) is 0 Å². The van der Waals surface area contributed by atoms with E-state index in [0.29, 0.717) is 5.76 Å². The zero-order valence-electron chi connectivity index (χ0n) is 16.6. The van der Waals surface area contributed by atoms with E-state index in [4.69, 9.17) is 33.4 Å². The Morgan fingerprint density at radius 2 is 1.90 bits per heavy atom. The largest absolute Gasteiger partial charge is 0.467 e. The van der Waals surface area contributed by atoms with Crippen LogP contribution in [0.15, 0.2) is 62.7 Å². The van der Waals surface area contributed by atoms with Gasteiger partial charge in [0.1, 0.15) is 15.9 Å². The monoisotopic (exact) mass is 462 g/mol. The summed E-state index contributed by atoms with van der Waals surface area (Å²) < 4.78 is 5.32. The van der Waals surface area contributed by atoms with E-state index in [2.05, 4.69) is 4.98 Å². The van der Waals surface area contributed by atoms with Crippen LogP contribution in [0, 0.1) is 5.41 Å². The topological polar surface area (TPSA) is 114 Å². The quantitative estimate of drug-likeness (QED) is 0.546. The standard InChI is InChI=1S/C21H20Cl2N4O4/c1-20(12-21(20,22)23)18(29)26(11-14-8-5-9-31-14)15-16(24)27(19(30)25-17(15)28)10-13-6-3-2-4-7-13/h2-9H,10-12,24H2,1H3,(H,25,28,30). The SMILES string of the molecule is CC1(C(=O)N(Cc2ccco2)c2c(N)n(Cc3ccccc3)c(=O)[nH]c2=O)CC1(Cl)Cl. The summed E-state index contributed by atoms with van der Waals surface area (Å²) in [6.07, 6.45) is 1.67. The first-order chi connectivity index (χ1) is 14.6. The summed E-state index contributed by atoms with van der Waals surface area (Å²) in [5.41, 5.74) is 4.35. The number of carbonyl (C=O) groups excluding carboxylic acids is 1. The second-order valence-corrected chi connectivity index (χ2v) is 9.23. The molecule has 0 bridgehead atoms. The molecule has 1 saturated carbocycles. The van der Waals surface area contributed by atoms with Crippen LogP contribution in [-0.4, -0.2) is 19.8 Å². The van der Waals surface area contributed by atoms with Crippen LogP contribution < -0.4 is 21.9 Å². The second-order valence-electron chi connectivity index (χ2n) is 7.75. The van der Waals surface area contributed by atoms with Crippen molar-refractivity contribution < 1.29 is 9.21 Å². The molecule has 1 unspecified atom stereocenters. The van der Waals surface area contributed by atoms with Gasteiger partial charge in [-0.25, -0.2) is 4.79 Å². The van der Waals surface area contributed by atoms with Crippen molar-refractivity contribution in [2.75, 3.05) is 10.6 Å². The maximum Gasteiger partial charge on any atom is 0.330 e. The van der Waals surface area contributed by atoms with Crippen LogP contribution in [0.2, 0.25) is 0 Å². The molecule has 2 aromatic heterocycles. The summed E-state index contributed by atoms with van der Waals surface area (Å²) in [6.45, 7) is 1.65. The van der Waals surface area contributed by atoms with Crippen molar-refractivity contribution in [3.05, 3.63) is 80.9 Å². The minimum absolute atomic E-state index is 0.0812. The smallest absolute Gasteiger partial charge is 0.330 e. The van der Waals surface area contributed by atoms with Crippen LogP contribution >= 0.6 is 23.2 Å². The third-order valence-corrected chi connectivity index (χ3v) is 6.64. The Morgan fingerprint density at radius 1 is 1.23 bits per heavy atom. The van der Waals surface area contributed by atoms with E-state index in [9.17, 15) is 14.4 Å². The lowest BCUT2D eigenvalue weighted by Crippen LogP contribution is -2.44. The fraction of sp³-hybridized carbons (Fsp3) is 0.286. The van der Waals surface area contributed by atoms with Crippen LogP contribution in [0.4, 0.5) is 11.5 Å². The molecule has 0 aliphatic heterocycles. The second kappa shape index (κ2) is 7.62. The Kier molecular flexibility index (Phi) is 5.23. The van der Waals surface area contributed by atoms with Gasteiger partial charge < -0.3 is 10.2 Å². The third kappa shape index (κ3) is 3.77. The zero-order chi connectivity index (χ0) is 22.4. The molecule has 8 nitrogen and oxygen atoms in total. The highest BCUT2D eigenvalue weighted by molar-refractivity contribution is 6.53. The van der Waals surface area contributed by atoms with Gasteiger partial charge in [0.2, 0.25) is 5.91 Å². The Bertz CT molecular complexity index is 1230. The van der Waals surface area contributed by atoms with E-state index >= 15 is 0 Å². The highest BCUT2D eigenvalue weighted by atomic mass is 35.5. The van der Waals surface area contributed by atoms with E-state index in [0.717, 1.165) is 5.56 Å². The molecule has 3 aromatic rings. The molecular formula is C21H20Cl2N4O4. The molecule has 31 heavy (non-hydrogen) atoms. The molecule has 1 aromatic carbocycles. The van der Waals surface area contributed by atoms with Crippen LogP contribution in [0.25, 0.3) is 0 Å². The maximum absolute atomic E-state index is 13.4. The average Bonchev–Trinajstić information content (AvgIpc) is 3.06. The lowest BCUT2D eigenvalue weighted by molar-refractivity contribution is -0.123. The van der Waals surface area contributed by atoms with E-state index in [-0.39, 0.29) is 31.0 Å². The predicted molar refractivity (Wildman–Crippen MR) is 118 cm³/mol. The highest BCUT2D eigenvalue weighted by Gasteiger charge is 2.69. The van der Waals surface area contributed by atoms with Gasteiger partial charge in [0, 0.05) is 0 Å². The molecule has 3 N–H and O–H groups in total. The normalized spacial score (nSPS) is 19.2. The Hall–Kier alpha value is -2.97. The van der Waals surface area contributed by atoms with Gasteiger partial charge in [0.25, 0.3) is 5.56 Å². The molecule has 1 aliphatic carbocycles. The molecule has 10 heteroatoms. The molecule has 162 valence electrons. The predicted octanol–water partition coefficient (Wildman–Crippen LogP) is 2.88. The van der Waals surface area contributed by atoms with Crippen molar-refractivity contribution in [2.45, 2.75) is 30.8 Å². The van der Waals surface area contributed by atoms with Gasteiger partial charge in [0.15, 0.2) is 5.69 Å². The number of aromatic nitrogens is 2. The number of rotatable bonds is 6. The first-order valence-corrected chi connectivity index (χ1v) is 10.3. The number of carbonyl (C=O) groups is 1. The van der Waals surface area contributed by atoms with Gasteiger partial charge in [-0.1, -0.05) is 30.3 Å². The minimum atomic E-state index is -1.26. The number of H-pyrrole nitrogens is 1. The molecule has 4 rings (SSSR count). The van der Waals surface area contributed by atoms with Gasteiger partial charge in [-0.2, -0.15) is 0 Å². The average molecular weight is 463 g/mol. The number of nitrogens with zero attached hydrogens (tertiary/aromatic N) is 2. The number of alkyl halides is 2. The summed E-state index contributed by atoms with van der Waals surface area (Å²) in [6, 6.07) is 12.5. The van der Waals surface area contributed by atoms with E-state index in [1.807, 2.05) is 30.3 Å². The summed E-state index contributed by atoms with van der Waals surface area (Å²) in [7, 11) is 0. The lowest BCUT2D eigenvalue weighted by Gasteiger charge is -2.27. The molecule has 0 saturated heterocycles. The lowest BCUT2D eigenvalue weighted by atomic mass is 10.1. The first kappa shape index (κ1) is 21.3. The van der Waals surface area contributed by atoms with E-state index < -0.39 is 26.9 Å². The summed E-state index contributed by atoms with van der Waals surface area (Å²) in [5.74, 6) is -0.209. The Morgan fingerprint density at radius 3 is 2.48 bits per heavy atom. The summed E-state index contributed by atoms with van der Waals surface area (Å²) in [4.78, 5) is 42.2. The molecule has 0 spiro atoms. The van der Waals surface area contributed by atoms with Crippen LogP contribution in [-0.2, 0) is 17.9 Å². The molecule has 0 radical (unpaired) electrons. The number of anilines is 2. The molecular weight excluding hydrogens is 443 g/mol. The van der Waals surface area contributed by atoms with Crippen molar-refractivity contribution in [2.24, 2.45) is 5.41 Å². The van der Waals surface area contributed by atoms with Gasteiger partial charge in [0.05, 0.1) is 24.8 Å². The van der Waals surface area contributed by atoms with Crippen LogP contribution in [0.3, 0.4) is 0 Å². The van der Waals surface area contributed by atoms with E-state index in [1.165, 1.54) is 15.7 Å². The third-order valence-electron chi connectivity index (χ3n) is 5.54. The molecule has 1 aliphatic rings. The van der Waals surface area contributed by atoms with Crippen molar-refractivity contribution in [1.82, 2.24) is 9.55 Å². The van der Waals surface area contributed by atoms with Gasteiger partial charge in [-0.15, -0.1) is 23.2 Å². The maximum atomic E-state index is 13.4. The number of hydrogen-bond donors (Lipinski definition) is 2. The van der Waals surface area contributed by atoms with Gasteiger partial charge in [-0.3, -0.25) is 24.0 Å². The number of nitrogens with two attached hydrogens (primary N) is 1. The van der Waals surface area contributed by atoms with Gasteiger partial charge >= 0.3 is 5.69 Å². The Balaban J connectivity index is 1.82. The molecule has 1 fully saturated rings. The molecule has 1 atom stereocenters. The molecule has 1 amide bonds. The van der Waals surface area contributed by atoms with Crippen LogP contribution in [0.1, 0.15) is 24.7 Å². The summed E-state index contributed by atoms with van der Waals surface area (Å²) >= 11 is 12.4. The van der Waals surface area contributed by atoms with Crippen molar-refractivity contribution in [1.29, 1.82) is 0 Å². The number of nitrogen functional groups attached to an aromatic ring is 1. The zero-order valence-corrected chi connectivity index (χ0v) is 18.1. The highest BCUT2D eigenvalue weighted by Crippen LogP contribution is 2.64. The number of hydrogen-bond acceptors (Lipinski definition) is 5. The fourth-order valence-electron chi connectivity index (χ4n) is 3.50. The number of halogens is 2. The van der Waals surface area contributed by atoms with Gasteiger partial charge in [-0.05, 0) is 31.0 Å². The first-order valence-electron chi connectivity index (χ1n) is 9.53. The number of nitrogens with one attached hydrogen (secondary N) is 1. The number of furan rings is 1. The Labute approximate surface area is 187 Å². The number of aromatic amines is 1. The van der Waals surface area contributed by atoms with Crippen molar-refractivity contribution in [3.8, 4) is 0 Å². The summed E-state index contributed by atoms with van der Waals surface area (Å²) in [5, 5.41) is 0. The fourth-order valence-corrected chi connectivity index (χ4v) is 4.20. The van der Waals surface area contributed by atoms with E-state index in [1.54, 1.807) is 19.1 Å². The molecule has 2 heterocycles. The number of amides is 1. The van der Waals surface area contributed by atoms with Crippen molar-refractivity contribution in [3.63, 3.8) is 0 Å². The number of benzene rings is 1.